The number of carbonyl (C=O) groups excluding carboxylic acids is 1. The summed E-state index contributed by atoms with van der Waals surface area (Å²) < 4.78 is 24.1. The van der Waals surface area contributed by atoms with Crippen molar-refractivity contribution < 1.29 is 13.2 Å². The third kappa shape index (κ3) is 4.35. The molecule has 110 valence electrons. The lowest BCUT2D eigenvalue weighted by atomic mass is 10.2. The molecule has 1 heterocycles. The van der Waals surface area contributed by atoms with Crippen molar-refractivity contribution in [2.45, 2.75) is 18.2 Å². The SMILES string of the molecule is Cc1ccc(S(=O)(=O)CNC(=O)Cc2cnccn2)cc1. The molecule has 1 amide bonds. The number of aromatic nitrogens is 2. The number of aryl methyl sites for hydroxylation is 1. The molecular formula is C14H15N3O3S. The zero-order chi connectivity index (χ0) is 15.3. The van der Waals surface area contributed by atoms with Gasteiger partial charge in [0.05, 0.1) is 17.0 Å². The molecule has 0 radical (unpaired) electrons. The Labute approximate surface area is 123 Å². The molecule has 0 aliphatic rings. The average Bonchev–Trinajstić information content (AvgIpc) is 2.47. The minimum atomic E-state index is -3.53. The van der Waals surface area contributed by atoms with E-state index in [1.54, 1.807) is 12.1 Å². The van der Waals surface area contributed by atoms with Crippen LogP contribution in [0.3, 0.4) is 0 Å². The summed E-state index contributed by atoms with van der Waals surface area (Å²) in [5, 5.41) is 2.39. The van der Waals surface area contributed by atoms with Crippen LogP contribution in [0, 0.1) is 6.92 Å². The first kappa shape index (κ1) is 15.1. The Bertz CT molecular complexity index is 713. The molecule has 0 unspecified atom stereocenters. The monoisotopic (exact) mass is 305 g/mol. The number of nitrogens with one attached hydrogen (secondary N) is 1. The van der Waals surface area contributed by atoms with Gasteiger partial charge in [-0.3, -0.25) is 14.8 Å². The third-order valence-electron chi connectivity index (χ3n) is 2.80. The highest BCUT2D eigenvalue weighted by Gasteiger charge is 2.15. The zero-order valence-corrected chi connectivity index (χ0v) is 12.3. The van der Waals surface area contributed by atoms with E-state index in [1.807, 2.05) is 6.92 Å². The Kier molecular flexibility index (Phi) is 4.64. The predicted molar refractivity (Wildman–Crippen MR) is 77.1 cm³/mol. The van der Waals surface area contributed by atoms with E-state index in [2.05, 4.69) is 15.3 Å². The van der Waals surface area contributed by atoms with Gasteiger partial charge in [0.15, 0.2) is 9.84 Å². The van der Waals surface area contributed by atoms with E-state index >= 15 is 0 Å². The number of hydrogen-bond donors (Lipinski definition) is 1. The van der Waals surface area contributed by atoms with Crippen LogP contribution in [0.5, 0.6) is 0 Å². The van der Waals surface area contributed by atoms with Crippen LogP contribution in [-0.4, -0.2) is 30.2 Å². The van der Waals surface area contributed by atoms with Crippen molar-refractivity contribution in [2.24, 2.45) is 0 Å². The van der Waals surface area contributed by atoms with E-state index in [0.717, 1.165) is 5.56 Å². The summed E-state index contributed by atoms with van der Waals surface area (Å²) in [6.45, 7) is 1.87. The van der Waals surface area contributed by atoms with Crippen LogP contribution in [0.4, 0.5) is 0 Å². The Hall–Kier alpha value is -2.28. The second-order valence-electron chi connectivity index (χ2n) is 4.55. The maximum absolute atomic E-state index is 12.1. The zero-order valence-electron chi connectivity index (χ0n) is 11.5. The number of sulfone groups is 1. The fraction of sp³-hybridized carbons (Fsp3) is 0.214. The molecule has 2 rings (SSSR count). The molecule has 1 aromatic carbocycles. The number of nitrogens with zero attached hydrogens (tertiary/aromatic N) is 2. The highest BCUT2D eigenvalue weighted by Crippen LogP contribution is 2.11. The molecule has 1 N–H and O–H groups in total. The lowest BCUT2D eigenvalue weighted by molar-refractivity contribution is -0.120. The van der Waals surface area contributed by atoms with Crippen molar-refractivity contribution in [3.8, 4) is 0 Å². The molecule has 7 heteroatoms. The van der Waals surface area contributed by atoms with Crippen molar-refractivity contribution in [1.29, 1.82) is 0 Å². The van der Waals surface area contributed by atoms with Gasteiger partial charge in [0.1, 0.15) is 5.88 Å². The summed E-state index contributed by atoms with van der Waals surface area (Å²) in [6.07, 6.45) is 4.44. The molecule has 0 saturated carbocycles. The first-order valence-electron chi connectivity index (χ1n) is 6.28. The summed E-state index contributed by atoms with van der Waals surface area (Å²) in [6, 6.07) is 6.49. The molecule has 6 nitrogen and oxygen atoms in total. The molecular weight excluding hydrogens is 290 g/mol. The Morgan fingerprint density at radius 1 is 1.19 bits per heavy atom. The van der Waals surface area contributed by atoms with Crippen LogP contribution >= 0.6 is 0 Å². The van der Waals surface area contributed by atoms with Crippen LogP contribution in [0.25, 0.3) is 0 Å². The molecule has 0 aliphatic heterocycles. The van der Waals surface area contributed by atoms with Crippen LogP contribution in [0.2, 0.25) is 0 Å². The molecule has 0 bridgehead atoms. The molecule has 0 aliphatic carbocycles. The van der Waals surface area contributed by atoms with Gasteiger partial charge in [-0.15, -0.1) is 0 Å². The number of carbonyl (C=O) groups is 1. The quantitative estimate of drug-likeness (QED) is 0.885. The van der Waals surface area contributed by atoms with E-state index in [0.29, 0.717) is 5.69 Å². The number of amides is 1. The lowest BCUT2D eigenvalue weighted by Gasteiger charge is -2.07. The smallest absolute Gasteiger partial charge is 0.226 e. The van der Waals surface area contributed by atoms with Crippen molar-refractivity contribution in [1.82, 2.24) is 15.3 Å². The molecule has 21 heavy (non-hydrogen) atoms. The van der Waals surface area contributed by atoms with Crippen molar-refractivity contribution >= 4 is 15.7 Å². The van der Waals surface area contributed by atoms with E-state index in [4.69, 9.17) is 0 Å². The van der Waals surface area contributed by atoms with Crippen LogP contribution in [0.1, 0.15) is 11.3 Å². The molecule has 2 aromatic rings. The summed E-state index contributed by atoms with van der Waals surface area (Å²) in [4.78, 5) is 19.7. The summed E-state index contributed by atoms with van der Waals surface area (Å²) >= 11 is 0. The van der Waals surface area contributed by atoms with Gasteiger partial charge in [0, 0.05) is 18.6 Å². The maximum Gasteiger partial charge on any atom is 0.226 e. The second-order valence-corrected chi connectivity index (χ2v) is 6.54. The normalized spacial score (nSPS) is 11.1. The fourth-order valence-electron chi connectivity index (χ4n) is 1.65. The largest absolute Gasteiger partial charge is 0.341 e. The average molecular weight is 305 g/mol. The van der Waals surface area contributed by atoms with Crippen LogP contribution < -0.4 is 5.32 Å². The minimum Gasteiger partial charge on any atom is -0.341 e. The van der Waals surface area contributed by atoms with Crippen molar-refractivity contribution in [2.75, 3.05) is 5.88 Å². The fourth-order valence-corrected chi connectivity index (χ4v) is 2.72. The predicted octanol–water partition coefficient (Wildman–Crippen LogP) is 0.875. The van der Waals surface area contributed by atoms with Crippen LogP contribution in [0.15, 0.2) is 47.8 Å². The maximum atomic E-state index is 12.1. The van der Waals surface area contributed by atoms with Gasteiger partial charge in [-0.25, -0.2) is 8.42 Å². The van der Waals surface area contributed by atoms with Gasteiger partial charge in [-0.1, -0.05) is 17.7 Å². The highest BCUT2D eigenvalue weighted by atomic mass is 32.2. The van der Waals surface area contributed by atoms with Crippen molar-refractivity contribution in [3.05, 3.63) is 54.1 Å². The number of hydrogen-bond acceptors (Lipinski definition) is 5. The van der Waals surface area contributed by atoms with Gasteiger partial charge in [-0.05, 0) is 19.1 Å². The molecule has 0 atom stereocenters. The Morgan fingerprint density at radius 3 is 2.52 bits per heavy atom. The Morgan fingerprint density at radius 2 is 1.90 bits per heavy atom. The first-order chi connectivity index (χ1) is 9.97. The molecule has 1 aromatic heterocycles. The topological polar surface area (TPSA) is 89.0 Å². The number of benzene rings is 1. The van der Waals surface area contributed by atoms with Crippen LogP contribution in [-0.2, 0) is 21.1 Å². The highest BCUT2D eigenvalue weighted by molar-refractivity contribution is 7.91. The standard InChI is InChI=1S/C14H15N3O3S/c1-11-2-4-13(5-3-11)21(19,20)10-17-14(18)8-12-9-15-6-7-16-12/h2-7,9H,8,10H2,1H3,(H,17,18). The van der Waals surface area contributed by atoms with E-state index in [1.165, 1.54) is 30.7 Å². The molecule has 0 spiro atoms. The third-order valence-corrected chi connectivity index (χ3v) is 4.31. The van der Waals surface area contributed by atoms with Gasteiger partial charge >= 0.3 is 0 Å². The summed E-state index contributed by atoms with van der Waals surface area (Å²) in [7, 11) is -3.53. The second kappa shape index (κ2) is 6.45. The Balaban J connectivity index is 1.95. The van der Waals surface area contributed by atoms with E-state index in [9.17, 15) is 13.2 Å². The molecule has 0 fully saturated rings. The van der Waals surface area contributed by atoms with Gasteiger partial charge in [0.2, 0.25) is 5.91 Å². The summed E-state index contributed by atoms with van der Waals surface area (Å²) in [5.41, 5.74) is 1.46. The van der Waals surface area contributed by atoms with E-state index in [-0.39, 0.29) is 11.3 Å². The molecule has 0 saturated heterocycles. The van der Waals surface area contributed by atoms with Crippen molar-refractivity contribution in [3.63, 3.8) is 0 Å². The van der Waals surface area contributed by atoms with Gasteiger partial charge in [-0.2, -0.15) is 0 Å². The van der Waals surface area contributed by atoms with E-state index < -0.39 is 21.6 Å². The van der Waals surface area contributed by atoms with Gasteiger partial charge in [0.25, 0.3) is 0 Å². The number of rotatable bonds is 5. The first-order valence-corrected chi connectivity index (χ1v) is 7.93. The van der Waals surface area contributed by atoms with Gasteiger partial charge < -0.3 is 5.32 Å². The minimum absolute atomic E-state index is 0.00272. The summed E-state index contributed by atoms with van der Waals surface area (Å²) in [5.74, 6) is -0.846. The lowest BCUT2D eigenvalue weighted by Crippen LogP contribution is -2.31.